The van der Waals surface area contributed by atoms with Crippen LogP contribution in [0.15, 0.2) is 41.4 Å². The number of pyridine rings is 1. The van der Waals surface area contributed by atoms with E-state index in [0.717, 1.165) is 18.2 Å². The third-order valence-electron chi connectivity index (χ3n) is 2.35. The third-order valence-corrected chi connectivity index (χ3v) is 3.93. The van der Waals surface area contributed by atoms with Gasteiger partial charge in [-0.1, -0.05) is 11.6 Å². The van der Waals surface area contributed by atoms with Crippen molar-refractivity contribution in [1.29, 1.82) is 5.26 Å². The van der Waals surface area contributed by atoms with E-state index in [9.17, 15) is 12.8 Å². The van der Waals surface area contributed by atoms with E-state index in [4.69, 9.17) is 16.9 Å². The number of nitrogens with zero attached hydrogens (tertiary/aromatic N) is 2. The highest BCUT2D eigenvalue weighted by molar-refractivity contribution is 7.92. The lowest BCUT2D eigenvalue weighted by Gasteiger charge is -2.08. The van der Waals surface area contributed by atoms with Crippen LogP contribution in [0.2, 0.25) is 5.15 Å². The zero-order valence-electron chi connectivity index (χ0n) is 9.84. The predicted molar refractivity (Wildman–Crippen MR) is 71.2 cm³/mol. The molecule has 5 nitrogen and oxygen atoms in total. The first-order chi connectivity index (χ1) is 9.42. The average Bonchev–Trinajstić information content (AvgIpc) is 2.38. The second-order valence-corrected chi connectivity index (χ2v) is 5.80. The van der Waals surface area contributed by atoms with Gasteiger partial charge in [0.05, 0.1) is 16.1 Å². The largest absolute Gasteiger partial charge is 0.279 e. The van der Waals surface area contributed by atoms with E-state index in [1.165, 1.54) is 18.3 Å². The van der Waals surface area contributed by atoms with Crippen LogP contribution in [-0.2, 0) is 10.0 Å². The van der Waals surface area contributed by atoms with E-state index in [1.54, 1.807) is 6.07 Å². The van der Waals surface area contributed by atoms with Crippen LogP contribution < -0.4 is 4.72 Å². The van der Waals surface area contributed by atoms with Crippen molar-refractivity contribution < 1.29 is 12.8 Å². The van der Waals surface area contributed by atoms with E-state index in [1.807, 2.05) is 0 Å². The van der Waals surface area contributed by atoms with Crippen LogP contribution in [0, 0.1) is 17.1 Å². The lowest BCUT2D eigenvalue weighted by atomic mass is 10.2. The fourth-order valence-electron chi connectivity index (χ4n) is 1.44. The number of nitriles is 1. The highest BCUT2D eigenvalue weighted by atomic mass is 35.5. The number of hydrogen-bond donors (Lipinski definition) is 1. The molecular weight excluding hydrogens is 305 g/mol. The number of hydrogen-bond acceptors (Lipinski definition) is 4. The fraction of sp³-hybridized carbons (Fsp3) is 0. The summed E-state index contributed by atoms with van der Waals surface area (Å²) in [7, 11) is -3.93. The monoisotopic (exact) mass is 311 g/mol. The smallest absolute Gasteiger partial charge is 0.261 e. The molecule has 1 aromatic carbocycles. The molecule has 0 aliphatic carbocycles. The van der Waals surface area contributed by atoms with Gasteiger partial charge in [0.15, 0.2) is 0 Å². The summed E-state index contributed by atoms with van der Waals surface area (Å²) < 4.78 is 39.6. The first kappa shape index (κ1) is 14.2. The molecule has 0 aliphatic heterocycles. The molecule has 2 rings (SSSR count). The lowest BCUT2D eigenvalue weighted by Crippen LogP contribution is -2.13. The Balaban J connectivity index is 2.39. The minimum atomic E-state index is -3.93. The van der Waals surface area contributed by atoms with E-state index in [0.29, 0.717) is 0 Å². The van der Waals surface area contributed by atoms with Crippen LogP contribution in [0.4, 0.5) is 10.1 Å². The highest BCUT2D eigenvalue weighted by Crippen LogP contribution is 2.19. The molecule has 0 aliphatic rings. The maximum Gasteiger partial charge on any atom is 0.261 e. The molecule has 1 N–H and O–H groups in total. The maximum atomic E-state index is 13.2. The van der Waals surface area contributed by atoms with E-state index < -0.39 is 15.8 Å². The Hall–Kier alpha value is -2.17. The van der Waals surface area contributed by atoms with Gasteiger partial charge in [0.2, 0.25) is 0 Å². The molecule has 0 fully saturated rings. The molecule has 0 spiro atoms. The van der Waals surface area contributed by atoms with Crippen LogP contribution in [0.1, 0.15) is 5.56 Å². The van der Waals surface area contributed by atoms with Crippen LogP contribution in [-0.4, -0.2) is 13.4 Å². The fourth-order valence-corrected chi connectivity index (χ4v) is 2.69. The van der Waals surface area contributed by atoms with Gasteiger partial charge in [-0.3, -0.25) is 4.72 Å². The normalized spacial score (nSPS) is 10.8. The van der Waals surface area contributed by atoms with Crippen molar-refractivity contribution in [2.45, 2.75) is 4.90 Å². The van der Waals surface area contributed by atoms with Crippen LogP contribution in [0.5, 0.6) is 0 Å². The maximum absolute atomic E-state index is 13.2. The minimum Gasteiger partial charge on any atom is -0.279 e. The molecule has 0 amide bonds. The molecule has 1 aromatic heterocycles. The Bertz CT molecular complexity index is 803. The highest BCUT2D eigenvalue weighted by Gasteiger charge is 2.16. The Morgan fingerprint density at radius 3 is 2.70 bits per heavy atom. The summed E-state index contributed by atoms with van der Waals surface area (Å²) in [5.74, 6) is -0.779. The van der Waals surface area contributed by atoms with Crippen LogP contribution in [0.25, 0.3) is 0 Å². The van der Waals surface area contributed by atoms with Crippen molar-refractivity contribution in [1.82, 2.24) is 4.98 Å². The van der Waals surface area contributed by atoms with Gasteiger partial charge in [0.1, 0.15) is 17.0 Å². The van der Waals surface area contributed by atoms with E-state index in [-0.39, 0.29) is 21.3 Å². The van der Waals surface area contributed by atoms with Gasteiger partial charge in [0.25, 0.3) is 10.0 Å². The van der Waals surface area contributed by atoms with Gasteiger partial charge >= 0.3 is 0 Å². The van der Waals surface area contributed by atoms with Crippen molar-refractivity contribution in [3.63, 3.8) is 0 Å². The van der Waals surface area contributed by atoms with Crippen molar-refractivity contribution in [2.24, 2.45) is 0 Å². The molecule has 0 bridgehead atoms. The zero-order valence-corrected chi connectivity index (χ0v) is 11.4. The van der Waals surface area contributed by atoms with Crippen molar-refractivity contribution in [2.75, 3.05) is 4.72 Å². The van der Waals surface area contributed by atoms with Gasteiger partial charge in [-0.2, -0.15) is 5.26 Å². The molecule has 20 heavy (non-hydrogen) atoms. The van der Waals surface area contributed by atoms with E-state index >= 15 is 0 Å². The van der Waals surface area contributed by atoms with Crippen molar-refractivity contribution >= 4 is 27.3 Å². The standard InChI is InChI=1S/C12H7ClFN3O2S/c13-12-6-9(3-4-16-12)17-20(18,19)10-1-2-11(14)8(5-10)7-15/h1-6H,(H,16,17). The average molecular weight is 312 g/mol. The number of sulfonamides is 1. The zero-order chi connectivity index (χ0) is 14.8. The summed E-state index contributed by atoms with van der Waals surface area (Å²) >= 11 is 5.65. The SMILES string of the molecule is N#Cc1cc(S(=O)(=O)Nc2ccnc(Cl)c2)ccc1F. The molecular formula is C12H7ClFN3O2S. The summed E-state index contributed by atoms with van der Waals surface area (Å²) in [6.45, 7) is 0. The molecule has 0 unspecified atom stereocenters. The molecule has 0 atom stereocenters. The Labute approximate surface area is 119 Å². The van der Waals surface area contributed by atoms with Gasteiger partial charge in [-0.15, -0.1) is 0 Å². The molecule has 0 saturated heterocycles. The quantitative estimate of drug-likeness (QED) is 0.883. The minimum absolute atomic E-state index is 0.127. The number of aromatic nitrogens is 1. The molecule has 1 heterocycles. The van der Waals surface area contributed by atoms with Crippen molar-refractivity contribution in [3.05, 3.63) is 53.1 Å². The predicted octanol–water partition coefficient (Wildman–Crippen LogP) is 2.55. The van der Waals surface area contributed by atoms with Crippen LogP contribution >= 0.6 is 11.6 Å². The molecule has 2 aromatic rings. The van der Waals surface area contributed by atoms with Gasteiger partial charge in [-0.05, 0) is 30.3 Å². The first-order valence-corrected chi connectivity index (χ1v) is 7.12. The van der Waals surface area contributed by atoms with Gasteiger partial charge in [-0.25, -0.2) is 17.8 Å². The Morgan fingerprint density at radius 1 is 1.30 bits per heavy atom. The molecule has 0 radical (unpaired) electrons. The second kappa shape index (κ2) is 5.45. The lowest BCUT2D eigenvalue weighted by molar-refractivity contribution is 0.599. The summed E-state index contributed by atoms with van der Waals surface area (Å²) in [5.41, 5.74) is -0.131. The Morgan fingerprint density at radius 2 is 2.05 bits per heavy atom. The second-order valence-electron chi connectivity index (χ2n) is 3.73. The number of rotatable bonds is 3. The van der Waals surface area contributed by atoms with Crippen LogP contribution in [0.3, 0.4) is 0 Å². The van der Waals surface area contributed by atoms with E-state index in [2.05, 4.69) is 9.71 Å². The molecule has 0 saturated carbocycles. The number of anilines is 1. The number of nitrogens with one attached hydrogen (secondary N) is 1. The third kappa shape index (κ3) is 3.04. The summed E-state index contributed by atoms with van der Waals surface area (Å²) in [4.78, 5) is 3.50. The summed E-state index contributed by atoms with van der Waals surface area (Å²) in [5, 5.41) is 8.83. The Kier molecular flexibility index (Phi) is 3.88. The topological polar surface area (TPSA) is 82.8 Å². The van der Waals surface area contributed by atoms with Gasteiger partial charge < -0.3 is 0 Å². The molecule has 102 valence electrons. The van der Waals surface area contributed by atoms with Crippen molar-refractivity contribution in [3.8, 4) is 6.07 Å². The number of halogens is 2. The molecule has 8 heteroatoms. The summed E-state index contributed by atoms with van der Waals surface area (Å²) in [6.07, 6.45) is 1.34. The van der Waals surface area contributed by atoms with Gasteiger partial charge in [0, 0.05) is 6.20 Å². The summed E-state index contributed by atoms with van der Waals surface area (Å²) in [6, 6.07) is 7.28. The first-order valence-electron chi connectivity index (χ1n) is 5.26. The number of benzene rings is 1.